The molecule has 0 aromatic carbocycles. The van der Waals surface area contributed by atoms with Gasteiger partial charge in [-0.1, -0.05) is 39.7 Å². The predicted octanol–water partition coefficient (Wildman–Crippen LogP) is 5.81. The fraction of sp³-hybridized carbons (Fsp3) is 0.257. The van der Waals surface area contributed by atoms with E-state index in [0.29, 0.717) is 11.4 Å². The summed E-state index contributed by atoms with van der Waals surface area (Å²) in [6, 6.07) is 9.59. The molecule has 8 aromatic heterocycles. The molecule has 0 aliphatic carbocycles. The normalized spacial score (nSPS) is 19.7. The summed E-state index contributed by atoms with van der Waals surface area (Å²) < 4.78 is 4.36. The lowest BCUT2D eigenvalue weighted by Gasteiger charge is -2.33. The fourth-order valence-corrected chi connectivity index (χ4v) is 8.98. The van der Waals surface area contributed by atoms with Crippen molar-refractivity contribution in [3.05, 3.63) is 100 Å². The lowest BCUT2D eigenvalue weighted by molar-refractivity contribution is 0.466. The van der Waals surface area contributed by atoms with Crippen LogP contribution in [-0.4, -0.2) is 80.9 Å². The monoisotopic (exact) mass is 709 g/mol. The Bertz CT molecular complexity index is 2720. The van der Waals surface area contributed by atoms with E-state index in [-0.39, 0.29) is 17.9 Å². The smallest absolute Gasteiger partial charge is 0.324 e. The van der Waals surface area contributed by atoms with Gasteiger partial charge in [-0.3, -0.25) is 8.80 Å². The Kier molecular flexibility index (Phi) is 6.87. The molecule has 51 heavy (non-hydrogen) atoms. The molecule has 16 heteroatoms. The van der Waals surface area contributed by atoms with Crippen molar-refractivity contribution in [2.75, 3.05) is 36.0 Å². The van der Waals surface area contributed by atoms with Crippen LogP contribution in [0.5, 0.6) is 0 Å². The van der Waals surface area contributed by atoms with Crippen molar-refractivity contribution in [1.82, 2.24) is 48.7 Å². The average molecular weight is 710 g/mol. The number of H-pyrrole nitrogens is 2. The second kappa shape index (κ2) is 11.8. The van der Waals surface area contributed by atoms with Crippen LogP contribution in [0.15, 0.2) is 73.9 Å². The van der Waals surface area contributed by atoms with Crippen molar-refractivity contribution < 1.29 is 0 Å². The number of nitrogens with one attached hydrogen (secondary N) is 2. The van der Waals surface area contributed by atoms with Crippen molar-refractivity contribution in [1.29, 1.82) is 5.26 Å². The van der Waals surface area contributed by atoms with Crippen LogP contribution >= 0.6 is 22.7 Å². The van der Waals surface area contributed by atoms with E-state index in [9.17, 15) is 5.26 Å². The molecule has 0 radical (unpaired) electrons. The number of piperidine rings is 2. The van der Waals surface area contributed by atoms with Crippen LogP contribution in [-0.2, 0) is 0 Å². The summed E-state index contributed by atoms with van der Waals surface area (Å²) >= 11 is 3.01. The van der Waals surface area contributed by atoms with Gasteiger partial charge in [-0.25, -0.2) is 29.9 Å². The first-order chi connectivity index (χ1) is 25.1. The molecule has 2 aliphatic rings. The quantitative estimate of drug-likeness (QED) is 0.216. The van der Waals surface area contributed by atoms with Gasteiger partial charge in [0.1, 0.15) is 28.5 Å². The van der Waals surface area contributed by atoms with Crippen molar-refractivity contribution in [3.63, 3.8) is 0 Å². The molecular weight excluding hydrogens is 681 g/mol. The summed E-state index contributed by atoms with van der Waals surface area (Å²) in [5.41, 5.74) is 6.67. The maximum absolute atomic E-state index is 9.43. The summed E-state index contributed by atoms with van der Waals surface area (Å²) in [6.07, 6.45) is 16.4. The fourth-order valence-electron chi connectivity index (χ4n) is 7.43. The molecule has 250 valence electrons. The third kappa shape index (κ3) is 4.94. The summed E-state index contributed by atoms with van der Waals surface area (Å²) in [5, 5.41) is 11.2. The zero-order chi connectivity index (χ0) is 34.1. The van der Waals surface area contributed by atoms with Crippen LogP contribution in [0.25, 0.3) is 38.2 Å². The van der Waals surface area contributed by atoms with Gasteiger partial charge in [0.2, 0.25) is 0 Å². The first kappa shape index (κ1) is 29.8. The summed E-state index contributed by atoms with van der Waals surface area (Å²) in [4.78, 5) is 45.8. The Hall–Kier alpha value is -6.10. The topological polar surface area (TPSA) is 152 Å². The number of imidazole rings is 2. The molecule has 0 bridgehead atoms. The molecule has 0 saturated carbocycles. The Morgan fingerprint density at radius 2 is 1.39 bits per heavy atom. The molecular formula is C35H29N14S2+. The van der Waals surface area contributed by atoms with Crippen molar-refractivity contribution in [3.8, 4) is 12.1 Å². The van der Waals surface area contributed by atoms with E-state index in [1.54, 1.807) is 17.5 Å². The van der Waals surface area contributed by atoms with Gasteiger partial charge in [-0.15, -0.1) is 0 Å². The van der Waals surface area contributed by atoms with E-state index in [1.165, 1.54) is 16.9 Å². The number of hydrogen-bond acceptors (Lipinski definition) is 11. The molecule has 8 aromatic rings. The largest absolute Gasteiger partial charge is 0.347 e. The predicted molar refractivity (Wildman–Crippen MR) is 197 cm³/mol. The van der Waals surface area contributed by atoms with Crippen LogP contribution in [0.2, 0.25) is 0 Å². The second-order valence-corrected chi connectivity index (χ2v) is 14.9. The van der Waals surface area contributed by atoms with Crippen LogP contribution in [0.4, 0.5) is 10.3 Å². The van der Waals surface area contributed by atoms with Gasteiger partial charge in [0.15, 0.2) is 26.4 Å². The molecule has 2 fully saturated rings. The van der Waals surface area contributed by atoms with Crippen molar-refractivity contribution in [2.45, 2.75) is 30.7 Å². The zero-order valence-corrected chi connectivity index (χ0v) is 28.8. The van der Waals surface area contributed by atoms with E-state index < -0.39 is 0 Å². The van der Waals surface area contributed by atoms with Crippen LogP contribution in [0, 0.1) is 17.4 Å². The molecule has 14 nitrogen and oxygen atoms in total. The third-order valence-electron chi connectivity index (χ3n) is 9.97. The Morgan fingerprint density at radius 1 is 0.765 bits per heavy atom. The molecule has 10 rings (SSSR count). The maximum atomic E-state index is 9.43. The summed E-state index contributed by atoms with van der Waals surface area (Å²) in [7, 11) is 0. The van der Waals surface area contributed by atoms with E-state index in [1.807, 2.05) is 55.5 Å². The molecule has 2 aliphatic heterocycles. The maximum Gasteiger partial charge on any atom is 0.324 e. The minimum atomic E-state index is -0.0777. The highest BCUT2D eigenvalue weighted by atomic mass is 32.1. The van der Waals surface area contributed by atoms with E-state index >= 15 is 0 Å². The lowest BCUT2D eigenvalue weighted by Crippen LogP contribution is -2.41. The summed E-state index contributed by atoms with van der Waals surface area (Å²) in [6.45, 7) is 7.44. The van der Waals surface area contributed by atoms with Gasteiger partial charge >= 0.3 is 6.07 Å². The summed E-state index contributed by atoms with van der Waals surface area (Å²) in [5.74, 6) is 1.87. The number of anilines is 2. The van der Waals surface area contributed by atoms with E-state index in [4.69, 9.17) is 19.8 Å². The number of nitrogens with zero attached hydrogens (tertiary/aromatic N) is 12. The molecule has 3 atom stereocenters. The number of fused-ring (bicyclic) bond motifs is 6. The number of aromatic nitrogens is 10. The molecule has 10 heterocycles. The molecule has 0 spiro atoms. The second-order valence-electron chi connectivity index (χ2n) is 12.9. The van der Waals surface area contributed by atoms with Gasteiger partial charge in [0, 0.05) is 45.0 Å². The molecule has 2 N–H and O–H groups in total. The van der Waals surface area contributed by atoms with Gasteiger partial charge in [-0.05, 0) is 18.6 Å². The van der Waals surface area contributed by atoms with Gasteiger partial charge in [0.05, 0.1) is 65.2 Å². The molecule has 0 amide bonds. The number of hydrogen-bond donors (Lipinski definition) is 2. The van der Waals surface area contributed by atoms with Crippen LogP contribution < -0.4 is 9.80 Å². The van der Waals surface area contributed by atoms with Gasteiger partial charge in [0.25, 0.3) is 6.04 Å². The standard InChI is InChI=1S/C35H29N14S2/c1-20-4-8-46(18-25(20)32-42-13-21-11-40-30-28(48(21)32)2-6-37-30)35-45-17-24(51-35)16-39-27-5-9-47(34-44-15-23(10-36)50-34)19-26(27)33-43-14-22-12-41-31-29(49(22)33)3-7-38-31/h2-3,6-7,11-15,17,25-27,37-38H,1,4-5,8-9,18-19H2/q+1/t25-,26+,27-/m1/s1. The number of nitriles is 1. The SMILES string of the molecule is C=C1CCN(c2ncc(C#[N+][C@@H]3CCN(c4ncc(C#N)s4)C[C@@H]3c3ncc4cnc5[nH]ccc5n34)s2)C[C@H]1c1ncc2cnc3[nH]ccc3n12. The van der Waals surface area contributed by atoms with Crippen LogP contribution in [0.1, 0.15) is 46.1 Å². The zero-order valence-electron chi connectivity index (χ0n) is 27.1. The van der Waals surface area contributed by atoms with Crippen LogP contribution in [0.3, 0.4) is 0 Å². The van der Waals surface area contributed by atoms with Crippen molar-refractivity contribution >= 4 is 66.3 Å². The highest BCUT2D eigenvalue weighted by Gasteiger charge is 2.41. The lowest BCUT2D eigenvalue weighted by atomic mass is 9.92. The van der Waals surface area contributed by atoms with Crippen molar-refractivity contribution in [2.24, 2.45) is 0 Å². The van der Waals surface area contributed by atoms with Gasteiger partial charge < -0.3 is 19.8 Å². The number of thiazole rings is 2. The first-order valence-electron chi connectivity index (χ1n) is 16.7. The number of aromatic amines is 2. The van der Waals surface area contributed by atoms with Gasteiger partial charge in [-0.2, -0.15) is 5.26 Å². The minimum Gasteiger partial charge on any atom is -0.347 e. The number of rotatable bonds is 4. The Labute approximate surface area is 298 Å². The van der Waals surface area contributed by atoms with E-state index in [0.717, 1.165) is 92.6 Å². The third-order valence-corrected chi connectivity index (χ3v) is 11.9. The Balaban J connectivity index is 0.946. The molecule has 0 unspecified atom stereocenters. The highest BCUT2D eigenvalue weighted by molar-refractivity contribution is 7.16. The van der Waals surface area contributed by atoms with E-state index in [2.05, 4.69) is 62.2 Å². The highest BCUT2D eigenvalue weighted by Crippen LogP contribution is 2.37. The first-order valence-corrected chi connectivity index (χ1v) is 18.3. The Morgan fingerprint density at radius 3 is 2.10 bits per heavy atom. The molecule has 2 saturated heterocycles. The average Bonchev–Trinajstić information content (AvgIpc) is 4.01. The minimum absolute atomic E-state index is 0.0471.